The van der Waals surface area contributed by atoms with Crippen molar-refractivity contribution >= 4 is 16.7 Å². The molecule has 1 atom stereocenters. The number of pyridine rings is 1. The molecule has 0 aliphatic carbocycles. The van der Waals surface area contributed by atoms with Crippen LogP contribution < -0.4 is 4.74 Å². The maximum absolute atomic E-state index is 13.7. The Balaban J connectivity index is 1.55. The minimum absolute atomic E-state index is 0.0361. The van der Waals surface area contributed by atoms with Crippen LogP contribution in [0.25, 0.3) is 10.9 Å². The number of ketones is 1. The van der Waals surface area contributed by atoms with Gasteiger partial charge < -0.3 is 14.0 Å². The van der Waals surface area contributed by atoms with Crippen molar-refractivity contribution in [1.29, 1.82) is 0 Å². The van der Waals surface area contributed by atoms with Crippen molar-refractivity contribution in [1.82, 2.24) is 9.55 Å². The Morgan fingerprint density at radius 2 is 2.00 bits per heavy atom. The maximum atomic E-state index is 13.7. The monoisotopic (exact) mass is 504 g/mol. The third-order valence-corrected chi connectivity index (χ3v) is 6.73. The summed E-state index contributed by atoms with van der Waals surface area (Å²) in [6.45, 7) is 5.33. The lowest BCUT2D eigenvalue weighted by molar-refractivity contribution is -0.0389. The summed E-state index contributed by atoms with van der Waals surface area (Å²) in [6.07, 6.45) is 3.81. The predicted octanol–water partition coefficient (Wildman–Crippen LogP) is 6.82. The van der Waals surface area contributed by atoms with E-state index in [1.54, 1.807) is 6.20 Å². The number of fused-ring (bicyclic) bond motifs is 1. The van der Waals surface area contributed by atoms with Gasteiger partial charge in [-0.05, 0) is 60.7 Å². The Labute approximate surface area is 215 Å². The highest BCUT2D eigenvalue weighted by molar-refractivity contribution is 6.10. The summed E-state index contributed by atoms with van der Waals surface area (Å²) in [4.78, 5) is 18.2. The summed E-state index contributed by atoms with van der Waals surface area (Å²) in [6, 6.07) is 15.4. The highest BCUT2D eigenvalue weighted by atomic mass is 19.2. The molecule has 5 rings (SSSR count). The molecule has 0 bridgehead atoms. The predicted molar refractivity (Wildman–Crippen MR) is 138 cm³/mol. The van der Waals surface area contributed by atoms with Gasteiger partial charge in [-0.3, -0.25) is 9.78 Å². The largest absolute Gasteiger partial charge is 0.465 e. The topological polar surface area (TPSA) is 53.4 Å². The third-order valence-electron chi connectivity index (χ3n) is 6.73. The van der Waals surface area contributed by atoms with E-state index in [2.05, 4.69) is 23.4 Å². The lowest BCUT2D eigenvalue weighted by atomic mass is 9.96. The summed E-state index contributed by atoms with van der Waals surface area (Å²) in [7, 11) is 0. The van der Waals surface area contributed by atoms with Crippen molar-refractivity contribution < 1.29 is 23.0 Å². The second kappa shape index (κ2) is 10.8. The molecule has 37 heavy (non-hydrogen) atoms. The zero-order valence-electron chi connectivity index (χ0n) is 21.0. The normalized spacial score (nSPS) is 15.5. The van der Waals surface area contributed by atoms with E-state index in [-0.39, 0.29) is 24.4 Å². The molecule has 0 amide bonds. The number of ether oxygens (including phenoxy) is 2. The lowest BCUT2D eigenvalue weighted by Gasteiger charge is -2.16. The number of rotatable bonds is 9. The van der Waals surface area contributed by atoms with E-state index in [4.69, 9.17) is 9.47 Å². The molecule has 2 aromatic heterocycles. The van der Waals surface area contributed by atoms with E-state index < -0.39 is 11.6 Å². The Morgan fingerprint density at radius 3 is 2.70 bits per heavy atom. The second-order valence-electron chi connectivity index (χ2n) is 9.73. The molecule has 4 aromatic rings. The van der Waals surface area contributed by atoms with Crippen molar-refractivity contribution in [2.45, 2.75) is 58.3 Å². The number of carbonyl (C=O) groups is 1. The average molecular weight is 505 g/mol. The van der Waals surface area contributed by atoms with E-state index in [0.717, 1.165) is 47.3 Å². The minimum atomic E-state index is -0.904. The summed E-state index contributed by atoms with van der Waals surface area (Å²) >= 11 is 0. The molecule has 1 aliphatic heterocycles. The maximum Gasteiger partial charge on any atom is 0.199 e. The first-order valence-electron chi connectivity index (χ1n) is 12.7. The molecule has 0 saturated carbocycles. The molecule has 192 valence electrons. The van der Waals surface area contributed by atoms with Gasteiger partial charge in [0.15, 0.2) is 23.7 Å². The Kier molecular flexibility index (Phi) is 7.33. The summed E-state index contributed by atoms with van der Waals surface area (Å²) in [5.74, 6) is -1.09. The van der Waals surface area contributed by atoms with Crippen LogP contribution in [0.1, 0.15) is 66.3 Å². The second-order valence-corrected chi connectivity index (χ2v) is 9.73. The van der Waals surface area contributed by atoms with E-state index in [9.17, 15) is 13.6 Å². The fraction of sp³-hybridized carbons (Fsp3) is 0.333. The van der Waals surface area contributed by atoms with Gasteiger partial charge in [-0.15, -0.1) is 0 Å². The number of benzene rings is 2. The molecule has 3 heterocycles. The molecule has 1 fully saturated rings. The molecule has 1 unspecified atom stereocenters. The third kappa shape index (κ3) is 5.42. The summed E-state index contributed by atoms with van der Waals surface area (Å²) in [5.41, 5.74) is 3.94. The molecule has 2 aromatic carbocycles. The van der Waals surface area contributed by atoms with E-state index >= 15 is 0 Å². The molecular formula is C30H30F2N2O3. The smallest absolute Gasteiger partial charge is 0.199 e. The van der Waals surface area contributed by atoms with Gasteiger partial charge in [0.25, 0.3) is 0 Å². The molecule has 1 aliphatic rings. The fourth-order valence-electron chi connectivity index (χ4n) is 5.01. The van der Waals surface area contributed by atoms with E-state index in [0.29, 0.717) is 36.4 Å². The van der Waals surface area contributed by atoms with Crippen LogP contribution in [0.2, 0.25) is 0 Å². The van der Waals surface area contributed by atoms with Crippen molar-refractivity contribution in [3.63, 3.8) is 0 Å². The SMILES string of the molecule is CC(C)c1c(C(=O)CCc2ccc(F)c(F)c2)c2ccc(OC3CCCO3)cc2n1Cc1ccccn1. The molecule has 7 heteroatoms. The van der Waals surface area contributed by atoms with E-state index in [1.807, 2.05) is 36.4 Å². The minimum Gasteiger partial charge on any atom is -0.465 e. The first kappa shape index (κ1) is 25.1. The molecular weight excluding hydrogens is 474 g/mol. The Hall–Kier alpha value is -3.58. The highest BCUT2D eigenvalue weighted by Crippen LogP contribution is 2.36. The number of Topliss-reactive ketones (excluding diaryl/α,β-unsaturated/α-hetero) is 1. The number of hydrogen-bond acceptors (Lipinski definition) is 4. The van der Waals surface area contributed by atoms with Gasteiger partial charge in [0, 0.05) is 41.7 Å². The zero-order chi connectivity index (χ0) is 25.9. The molecule has 1 saturated heterocycles. The van der Waals surface area contributed by atoms with Gasteiger partial charge in [-0.25, -0.2) is 8.78 Å². The molecule has 5 nitrogen and oxygen atoms in total. The molecule has 0 spiro atoms. The van der Waals surface area contributed by atoms with Gasteiger partial charge in [-0.1, -0.05) is 26.0 Å². The van der Waals surface area contributed by atoms with Crippen LogP contribution in [0, 0.1) is 11.6 Å². The number of hydrogen-bond donors (Lipinski definition) is 0. The standard InChI is InChI=1S/C30H30F2N2O3/c1-19(2)30-29(27(35)13-9-20-8-12-24(31)25(32)16-20)23-11-10-22(37-28-7-5-15-36-28)17-26(23)34(30)18-21-6-3-4-14-33-21/h3-4,6,8,10-12,14,16-17,19,28H,5,7,9,13,15,18H2,1-2H3. The fourth-order valence-corrected chi connectivity index (χ4v) is 5.01. The van der Waals surface area contributed by atoms with Crippen LogP contribution >= 0.6 is 0 Å². The van der Waals surface area contributed by atoms with Crippen LogP contribution in [-0.4, -0.2) is 28.2 Å². The van der Waals surface area contributed by atoms with Gasteiger partial charge in [0.1, 0.15) is 5.75 Å². The van der Waals surface area contributed by atoms with Crippen LogP contribution in [0.5, 0.6) is 5.75 Å². The summed E-state index contributed by atoms with van der Waals surface area (Å²) < 4.78 is 40.9. The lowest BCUT2D eigenvalue weighted by Crippen LogP contribution is -2.14. The Morgan fingerprint density at radius 1 is 1.14 bits per heavy atom. The van der Waals surface area contributed by atoms with Crippen molar-refractivity contribution in [3.8, 4) is 5.75 Å². The van der Waals surface area contributed by atoms with Gasteiger partial charge in [0.05, 0.1) is 24.4 Å². The van der Waals surface area contributed by atoms with Gasteiger partial charge >= 0.3 is 0 Å². The Bertz CT molecular complexity index is 1410. The number of halogens is 2. The van der Waals surface area contributed by atoms with Crippen molar-refractivity contribution in [2.75, 3.05) is 6.61 Å². The average Bonchev–Trinajstić information content (AvgIpc) is 3.51. The van der Waals surface area contributed by atoms with E-state index in [1.165, 1.54) is 6.07 Å². The van der Waals surface area contributed by atoms with Crippen molar-refractivity contribution in [2.24, 2.45) is 0 Å². The molecule has 0 N–H and O–H groups in total. The van der Waals surface area contributed by atoms with Crippen LogP contribution in [-0.2, 0) is 17.7 Å². The highest BCUT2D eigenvalue weighted by Gasteiger charge is 2.26. The van der Waals surface area contributed by atoms with Gasteiger partial charge in [0.2, 0.25) is 0 Å². The first-order valence-corrected chi connectivity index (χ1v) is 12.7. The van der Waals surface area contributed by atoms with Crippen LogP contribution in [0.4, 0.5) is 8.78 Å². The first-order chi connectivity index (χ1) is 17.9. The zero-order valence-corrected chi connectivity index (χ0v) is 21.0. The van der Waals surface area contributed by atoms with Gasteiger partial charge in [-0.2, -0.15) is 0 Å². The van der Waals surface area contributed by atoms with Crippen LogP contribution in [0.15, 0.2) is 60.8 Å². The van der Waals surface area contributed by atoms with Crippen LogP contribution in [0.3, 0.4) is 0 Å². The number of carbonyl (C=O) groups excluding carboxylic acids is 1. The number of aromatic nitrogens is 2. The van der Waals surface area contributed by atoms with Crippen molar-refractivity contribution in [3.05, 3.63) is 94.9 Å². The molecule has 0 radical (unpaired) electrons. The number of nitrogens with zero attached hydrogens (tertiary/aromatic N) is 2. The number of aryl methyl sites for hydroxylation is 1. The summed E-state index contributed by atoms with van der Waals surface area (Å²) in [5, 5.41) is 0.842. The quantitative estimate of drug-likeness (QED) is 0.235.